The Hall–Kier alpha value is -1.52. The third-order valence-electron chi connectivity index (χ3n) is 2.33. The highest BCUT2D eigenvalue weighted by atomic mass is 35.5. The van der Waals surface area contributed by atoms with Crippen LogP contribution in [0.1, 0.15) is 0 Å². The fourth-order valence-electron chi connectivity index (χ4n) is 1.54. The van der Waals surface area contributed by atoms with Crippen LogP contribution in [0, 0.1) is 0 Å². The lowest BCUT2D eigenvalue weighted by Gasteiger charge is -2.13. The van der Waals surface area contributed by atoms with Crippen molar-refractivity contribution in [3.8, 4) is 5.75 Å². The van der Waals surface area contributed by atoms with Gasteiger partial charge in [0.1, 0.15) is 12.3 Å². The van der Waals surface area contributed by atoms with E-state index >= 15 is 0 Å². The molecule has 0 aliphatic rings. The Kier molecular flexibility index (Phi) is 5.68. The minimum Gasteiger partial charge on any atom is -0.497 e. The Morgan fingerprint density at radius 2 is 2.00 bits per heavy atom. The number of methoxy groups -OCH3 is 1. The van der Waals surface area contributed by atoms with Crippen LogP contribution < -0.4 is 15.0 Å². The second-order valence-electron chi connectivity index (χ2n) is 4.10. The second kappa shape index (κ2) is 7.03. The van der Waals surface area contributed by atoms with E-state index in [0.29, 0.717) is 18.1 Å². The van der Waals surface area contributed by atoms with E-state index in [1.165, 1.54) is 0 Å². The molecule has 1 amide bonds. The second-order valence-corrected chi connectivity index (χ2v) is 4.64. The number of nitrogens with one attached hydrogen (secondary N) is 2. The third-order valence-corrected chi connectivity index (χ3v) is 2.46. The molecule has 0 aliphatic carbocycles. The number of benzene rings is 1. The van der Waals surface area contributed by atoms with Gasteiger partial charge in [-0.15, -0.1) is 0 Å². The maximum absolute atomic E-state index is 11.7. The van der Waals surface area contributed by atoms with E-state index < -0.39 is 0 Å². The van der Waals surface area contributed by atoms with Gasteiger partial charge < -0.3 is 15.0 Å². The van der Waals surface area contributed by atoms with Crippen molar-refractivity contribution in [1.29, 1.82) is 0 Å². The number of amides is 1. The van der Waals surface area contributed by atoms with Crippen molar-refractivity contribution in [1.82, 2.24) is 0 Å². The zero-order valence-electron chi connectivity index (χ0n) is 10.6. The first-order valence-electron chi connectivity index (χ1n) is 5.59. The number of hydrogen-bond acceptors (Lipinski definition) is 2. The van der Waals surface area contributed by atoms with Crippen LogP contribution in [0.4, 0.5) is 5.69 Å². The number of hydrogen-bond donors (Lipinski definition) is 2. The van der Waals surface area contributed by atoms with Crippen molar-refractivity contribution in [3.63, 3.8) is 0 Å². The van der Waals surface area contributed by atoms with Gasteiger partial charge >= 0.3 is 0 Å². The molecule has 0 heterocycles. The summed E-state index contributed by atoms with van der Waals surface area (Å²) in [5.41, 5.74) is 0.748. The molecule has 0 fully saturated rings. The van der Waals surface area contributed by atoms with E-state index in [-0.39, 0.29) is 5.91 Å². The van der Waals surface area contributed by atoms with Gasteiger partial charge in [-0.3, -0.25) is 4.79 Å². The van der Waals surface area contributed by atoms with Gasteiger partial charge in [0.05, 0.1) is 19.2 Å². The highest BCUT2D eigenvalue weighted by molar-refractivity contribution is 6.29. The molecule has 1 rings (SSSR count). The summed E-state index contributed by atoms with van der Waals surface area (Å²) in [5.74, 6) is 0.699. The van der Waals surface area contributed by atoms with E-state index in [1.54, 1.807) is 31.4 Å². The summed E-state index contributed by atoms with van der Waals surface area (Å²) >= 11 is 5.69. The SMILES string of the molecule is C=C(Cl)C[NH+](C)CC(=O)Nc1ccc(OC)cc1. The lowest BCUT2D eigenvalue weighted by atomic mass is 10.3. The van der Waals surface area contributed by atoms with Crippen molar-refractivity contribution in [2.75, 3.05) is 32.6 Å². The van der Waals surface area contributed by atoms with Crippen molar-refractivity contribution in [3.05, 3.63) is 35.9 Å². The van der Waals surface area contributed by atoms with Crippen molar-refractivity contribution in [2.45, 2.75) is 0 Å². The van der Waals surface area contributed by atoms with Gasteiger partial charge in [-0.1, -0.05) is 18.2 Å². The smallest absolute Gasteiger partial charge is 0.279 e. The van der Waals surface area contributed by atoms with Gasteiger partial charge in [0.15, 0.2) is 6.54 Å². The molecule has 1 atom stereocenters. The van der Waals surface area contributed by atoms with E-state index in [9.17, 15) is 4.79 Å². The summed E-state index contributed by atoms with van der Waals surface area (Å²) in [7, 11) is 3.49. The standard InChI is InChI=1S/C13H17ClN2O2/c1-10(14)8-16(2)9-13(17)15-11-4-6-12(18-3)7-5-11/h4-7H,1,8-9H2,2-3H3,(H,15,17)/p+1. The lowest BCUT2D eigenvalue weighted by Crippen LogP contribution is -3.10. The molecule has 0 saturated carbocycles. The highest BCUT2D eigenvalue weighted by Gasteiger charge is 2.10. The molecule has 0 bridgehead atoms. The summed E-state index contributed by atoms with van der Waals surface area (Å²) in [6, 6.07) is 7.19. The Balaban J connectivity index is 2.46. The Bertz CT molecular complexity index is 418. The maximum Gasteiger partial charge on any atom is 0.279 e. The van der Waals surface area contributed by atoms with Crippen LogP contribution in [-0.4, -0.2) is 33.2 Å². The Morgan fingerprint density at radius 3 is 2.50 bits per heavy atom. The van der Waals surface area contributed by atoms with Crippen LogP contribution in [0.15, 0.2) is 35.9 Å². The van der Waals surface area contributed by atoms with Gasteiger partial charge in [0, 0.05) is 5.69 Å². The summed E-state index contributed by atoms with van der Waals surface area (Å²) in [5, 5.41) is 3.36. The zero-order valence-corrected chi connectivity index (χ0v) is 11.4. The Labute approximate surface area is 112 Å². The molecule has 0 aliphatic heterocycles. The molecule has 0 aromatic heterocycles. The fourth-order valence-corrected chi connectivity index (χ4v) is 1.77. The van der Waals surface area contributed by atoms with Gasteiger partial charge in [0.2, 0.25) is 0 Å². The monoisotopic (exact) mass is 269 g/mol. The van der Waals surface area contributed by atoms with E-state index in [2.05, 4.69) is 11.9 Å². The van der Waals surface area contributed by atoms with Gasteiger partial charge in [-0.25, -0.2) is 0 Å². The highest BCUT2D eigenvalue weighted by Crippen LogP contribution is 2.14. The molecule has 1 aromatic carbocycles. The first kappa shape index (κ1) is 14.5. The van der Waals surface area contributed by atoms with Crippen molar-refractivity contribution < 1.29 is 14.4 Å². The predicted molar refractivity (Wildman–Crippen MR) is 73.2 cm³/mol. The molecule has 1 unspecified atom stereocenters. The number of anilines is 1. The fraction of sp³-hybridized carbons (Fsp3) is 0.308. The van der Waals surface area contributed by atoms with Crippen LogP contribution in [0.5, 0.6) is 5.75 Å². The molecule has 0 spiro atoms. The van der Waals surface area contributed by atoms with E-state index in [4.69, 9.17) is 16.3 Å². The largest absolute Gasteiger partial charge is 0.497 e. The lowest BCUT2D eigenvalue weighted by molar-refractivity contribution is -0.865. The molecular formula is C13H18ClN2O2+. The molecule has 0 saturated heterocycles. The minimum atomic E-state index is -0.0596. The maximum atomic E-state index is 11.7. The molecule has 2 N–H and O–H groups in total. The summed E-state index contributed by atoms with van der Waals surface area (Å²) in [6.45, 7) is 4.52. The normalized spacial score (nSPS) is 11.7. The topological polar surface area (TPSA) is 42.8 Å². The van der Waals surface area contributed by atoms with Crippen molar-refractivity contribution in [2.24, 2.45) is 0 Å². The van der Waals surface area contributed by atoms with Crippen LogP contribution in [0.3, 0.4) is 0 Å². The number of rotatable bonds is 6. The molecule has 18 heavy (non-hydrogen) atoms. The van der Waals surface area contributed by atoms with E-state index in [0.717, 1.165) is 16.3 Å². The molecule has 4 nitrogen and oxygen atoms in total. The quantitative estimate of drug-likeness (QED) is 0.806. The van der Waals surface area contributed by atoms with Crippen LogP contribution >= 0.6 is 11.6 Å². The number of carbonyl (C=O) groups excluding carboxylic acids is 1. The van der Waals surface area contributed by atoms with Crippen LogP contribution in [0.2, 0.25) is 0 Å². The number of ether oxygens (including phenoxy) is 1. The summed E-state index contributed by atoms with van der Waals surface area (Å²) in [4.78, 5) is 12.7. The number of likely N-dealkylation sites (N-methyl/N-ethyl adjacent to an activating group) is 1. The van der Waals surface area contributed by atoms with Gasteiger partial charge in [-0.2, -0.15) is 0 Å². The third kappa shape index (κ3) is 5.21. The molecule has 98 valence electrons. The van der Waals surface area contributed by atoms with Crippen LogP contribution in [-0.2, 0) is 4.79 Å². The van der Waals surface area contributed by atoms with Crippen molar-refractivity contribution >= 4 is 23.2 Å². The molecule has 5 heteroatoms. The average molecular weight is 270 g/mol. The van der Waals surface area contributed by atoms with Gasteiger partial charge in [-0.05, 0) is 24.3 Å². The number of carbonyl (C=O) groups is 1. The number of quaternary nitrogens is 1. The Morgan fingerprint density at radius 1 is 1.39 bits per heavy atom. The minimum absolute atomic E-state index is 0.0596. The first-order valence-corrected chi connectivity index (χ1v) is 5.97. The van der Waals surface area contributed by atoms with Crippen LogP contribution in [0.25, 0.3) is 0 Å². The average Bonchev–Trinajstić information content (AvgIpc) is 2.28. The predicted octanol–water partition coefficient (Wildman–Crippen LogP) is 0.901. The molecule has 0 radical (unpaired) electrons. The molecule has 1 aromatic rings. The zero-order chi connectivity index (χ0) is 13.5. The molecular weight excluding hydrogens is 252 g/mol. The van der Waals surface area contributed by atoms with Gasteiger partial charge in [0.25, 0.3) is 5.91 Å². The van der Waals surface area contributed by atoms with E-state index in [1.807, 2.05) is 7.05 Å². The number of halogens is 1. The summed E-state index contributed by atoms with van der Waals surface area (Å²) < 4.78 is 5.04. The summed E-state index contributed by atoms with van der Waals surface area (Å²) in [6.07, 6.45) is 0. The first-order chi connectivity index (χ1) is 8.51.